The third-order valence-corrected chi connectivity index (χ3v) is 6.58. The van der Waals surface area contributed by atoms with Crippen molar-refractivity contribution >= 4 is 23.5 Å². The van der Waals surface area contributed by atoms with E-state index in [1.165, 1.54) is 10.5 Å². The van der Waals surface area contributed by atoms with Crippen molar-refractivity contribution in [3.05, 3.63) is 71.8 Å². The molecule has 160 valence electrons. The smallest absolute Gasteiger partial charge is 0.343 e. The number of nitrogens with zero attached hydrogens (tertiary/aromatic N) is 1. The molecule has 2 amide bonds. The Hall–Kier alpha value is -3.21. The molecule has 1 aliphatic heterocycles. The summed E-state index contributed by atoms with van der Waals surface area (Å²) < 4.78 is 5.53. The molecule has 2 atom stereocenters. The minimum absolute atomic E-state index is 0.0539. The summed E-state index contributed by atoms with van der Waals surface area (Å²) in [6.07, 6.45) is 6.08. The molecule has 1 heterocycles. The van der Waals surface area contributed by atoms with Gasteiger partial charge in [-0.3, -0.25) is 14.5 Å². The van der Waals surface area contributed by atoms with Crippen LogP contribution in [0.4, 0.5) is 5.69 Å². The number of hydrogen-bond donors (Lipinski definition) is 0. The second kappa shape index (κ2) is 8.14. The standard InChI is InChI=1S/C26H27NO4/c1-4-26(2,3)18-12-14-20(15-13-18)31-25(30)17-8-7-9-19(16-17)27-23(28)21-10-5-6-11-22(21)24(27)29/h5-9,12-16,21-22H,4,10-11H2,1-3H3/t21-,22-/m1/s1. The van der Waals surface area contributed by atoms with Gasteiger partial charge in [0.25, 0.3) is 0 Å². The van der Waals surface area contributed by atoms with Crippen LogP contribution >= 0.6 is 0 Å². The molecular formula is C26H27NO4. The van der Waals surface area contributed by atoms with E-state index in [4.69, 9.17) is 4.74 Å². The summed E-state index contributed by atoms with van der Waals surface area (Å²) >= 11 is 0. The van der Waals surface area contributed by atoms with E-state index in [0.29, 0.717) is 29.8 Å². The lowest BCUT2D eigenvalue weighted by Crippen LogP contribution is -2.31. The van der Waals surface area contributed by atoms with Gasteiger partial charge in [-0.25, -0.2) is 4.79 Å². The lowest BCUT2D eigenvalue weighted by Gasteiger charge is -2.23. The number of carbonyl (C=O) groups excluding carboxylic acids is 3. The van der Waals surface area contributed by atoms with Gasteiger partial charge in [0, 0.05) is 0 Å². The lowest BCUT2D eigenvalue weighted by atomic mass is 9.82. The van der Waals surface area contributed by atoms with E-state index in [9.17, 15) is 14.4 Å². The van der Waals surface area contributed by atoms with E-state index >= 15 is 0 Å². The fourth-order valence-electron chi connectivity index (χ4n) is 4.17. The van der Waals surface area contributed by atoms with Crippen LogP contribution in [-0.4, -0.2) is 17.8 Å². The van der Waals surface area contributed by atoms with Gasteiger partial charge in [-0.2, -0.15) is 0 Å². The van der Waals surface area contributed by atoms with Gasteiger partial charge < -0.3 is 4.74 Å². The fraction of sp³-hybridized carbons (Fsp3) is 0.346. The van der Waals surface area contributed by atoms with E-state index in [1.54, 1.807) is 36.4 Å². The molecule has 31 heavy (non-hydrogen) atoms. The van der Waals surface area contributed by atoms with Crippen LogP contribution in [0.25, 0.3) is 0 Å². The Kier molecular flexibility index (Phi) is 5.52. The van der Waals surface area contributed by atoms with E-state index in [1.807, 2.05) is 24.3 Å². The summed E-state index contributed by atoms with van der Waals surface area (Å²) in [6.45, 7) is 6.49. The van der Waals surface area contributed by atoms with E-state index in [-0.39, 0.29) is 29.1 Å². The molecule has 1 fully saturated rings. The van der Waals surface area contributed by atoms with Crippen molar-refractivity contribution in [2.24, 2.45) is 11.8 Å². The molecule has 0 unspecified atom stereocenters. The first-order valence-corrected chi connectivity index (χ1v) is 10.8. The van der Waals surface area contributed by atoms with Crippen molar-refractivity contribution in [2.45, 2.75) is 45.4 Å². The van der Waals surface area contributed by atoms with Crippen LogP contribution in [-0.2, 0) is 15.0 Å². The first kappa shape index (κ1) is 21.0. The molecule has 2 aromatic carbocycles. The number of carbonyl (C=O) groups is 3. The normalized spacial score (nSPS) is 20.7. The zero-order valence-corrected chi connectivity index (χ0v) is 18.1. The quantitative estimate of drug-likeness (QED) is 0.296. The Labute approximate surface area is 182 Å². The van der Waals surface area contributed by atoms with Gasteiger partial charge >= 0.3 is 5.97 Å². The maximum absolute atomic E-state index is 12.8. The monoisotopic (exact) mass is 417 g/mol. The molecule has 0 N–H and O–H groups in total. The van der Waals surface area contributed by atoms with Crippen molar-refractivity contribution in [1.29, 1.82) is 0 Å². The second-order valence-electron chi connectivity index (χ2n) is 8.87. The highest BCUT2D eigenvalue weighted by molar-refractivity contribution is 6.22. The summed E-state index contributed by atoms with van der Waals surface area (Å²) in [4.78, 5) is 39.6. The van der Waals surface area contributed by atoms with Crippen LogP contribution in [0.2, 0.25) is 0 Å². The summed E-state index contributed by atoms with van der Waals surface area (Å²) in [7, 11) is 0. The second-order valence-corrected chi connectivity index (χ2v) is 8.87. The number of hydrogen-bond acceptors (Lipinski definition) is 4. The number of imide groups is 1. The fourth-order valence-corrected chi connectivity index (χ4v) is 4.17. The topological polar surface area (TPSA) is 63.7 Å². The van der Waals surface area contributed by atoms with E-state index < -0.39 is 5.97 Å². The lowest BCUT2D eigenvalue weighted by molar-refractivity contribution is -0.122. The van der Waals surface area contributed by atoms with Gasteiger partial charge in [-0.05, 0) is 60.6 Å². The molecule has 2 aromatic rings. The molecule has 0 saturated carbocycles. The Morgan fingerprint density at radius 3 is 2.19 bits per heavy atom. The average Bonchev–Trinajstić information content (AvgIpc) is 3.04. The molecule has 5 nitrogen and oxygen atoms in total. The van der Waals surface area contributed by atoms with E-state index in [2.05, 4.69) is 20.8 Å². The van der Waals surface area contributed by atoms with Crippen molar-refractivity contribution in [3.63, 3.8) is 0 Å². The highest BCUT2D eigenvalue weighted by Gasteiger charge is 2.47. The Balaban J connectivity index is 1.51. The number of anilines is 1. The molecule has 0 radical (unpaired) electrons. The van der Waals surface area contributed by atoms with Gasteiger partial charge in [-0.15, -0.1) is 0 Å². The number of amides is 2. The molecule has 1 saturated heterocycles. The molecule has 0 bridgehead atoms. The molecule has 4 rings (SSSR count). The summed E-state index contributed by atoms with van der Waals surface area (Å²) in [5, 5.41) is 0. The van der Waals surface area contributed by atoms with Gasteiger partial charge in [0.1, 0.15) is 5.75 Å². The number of allylic oxidation sites excluding steroid dienone is 2. The Bertz CT molecular complexity index is 1030. The average molecular weight is 418 g/mol. The largest absolute Gasteiger partial charge is 0.423 e. The van der Waals surface area contributed by atoms with Crippen LogP contribution in [0.3, 0.4) is 0 Å². The van der Waals surface area contributed by atoms with Crippen LogP contribution in [0.5, 0.6) is 5.75 Å². The number of rotatable bonds is 5. The van der Waals surface area contributed by atoms with Crippen molar-refractivity contribution in [2.75, 3.05) is 4.90 Å². The zero-order valence-electron chi connectivity index (χ0n) is 18.1. The third-order valence-electron chi connectivity index (χ3n) is 6.58. The molecule has 0 aromatic heterocycles. The van der Waals surface area contributed by atoms with Gasteiger partial charge in [0.15, 0.2) is 0 Å². The summed E-state index contributed by atoms with van der Waals surface area (Å²) in [5.41, 5.74) is 1.94. The summed E-state index contributed by atoms with van der Waals surface area (Å²) in [6, 6.07) is 14.1. The van der Waals surface area contributed by atoms with Crippen LogP contribution in [0.1, 0.15) is 56.0 Å². The van der Waals surface area contributed by atoms with Crippen LogP contribution in [0.15, 0.2) is 60.7 Å². The Morgan fingerprint density at radius 1 is 1.00 bits per heavy atom. The molecule has 0 spiro atoms. The first-order chi connectivity index (χ1) is 14.8. The summed E-state index contributed by atoms with van der Waals surface area (Å²) in [5.74, 6) is -1.07. The number of fused-ring (bicyclic) bond motifs is 1. The molecular weight excluding hydrogens is 390 g/mol. The predicted octanol–water partition coefficient (Wildman–Crippen LogP) is 5.05. The molecule has 5 heteroatoms. The third kappa shape index (κ3) is 3.92. The highest BCUT2D eigenvalue weighted by Crippen LogP contribution is 2.38. The van der Waals surface area contributed by atoms with Crippen molar-refractivity contribution in [3.8, 4) is 5.75 Å². The van der Waals surface area contributed by atoms with E-state index in [0.717, 1.165) is 6.42 Å². The van der Waals surface area contributed by atoms with Gasteiger partial charge in [0.05, 0.1) is 23.1 Å². The number of ether oxygens (including phenoxy) is 1. The predicted molar refractivity (Wildman–Crippen MR) is 119 cm³/mol. The zero-order chi connectivity index (χ0) is 22.2. The van der Waals surface area contributed by atoms with Crippen LogP contribution < -0.4 is 9.64 Å². The molecule has 1 aliphatic carbocycles. The molecule has 2 aliphatic rings. The number of benzene rings is 2. The maximum atomic E-state index is 12.8. The van der Waals surface area contributed by atoms with Gasteiger partial charge in [-0.1, -0.05) is 51.1 Å². The maximum Gasteiger partial charge on any atom is 0.343 e. The number of esters is 1. The van der Waals surface area contributed by atoms with Gasteiger partial charge in [0.2, 0.25) is 11.8 Å². The first-order valence-electron chi connectivity index (χ1n) is 10.8. The van der Waals surface area contributed by atoms with Crippen molar-refractivity contribution < 1.29 is 19.1 Å². The minimum atomic E-state index is -0.525. The minimum Gasteiger partial charge on any atom is -0.423 e. The van der Waals surface area contributed by atoms with Crippen molar-refractivity contribution in [1.82, 2.24) is 0 Å². The highest BCUT2D eigenvalue weighted by atomic mass is 16.5. The Morgan fingerprint density at radius 2 is 1.61 bits per heavy atom. The SMILES string of the molecule is CCC(C)(C)c1ccc(OC(=O)c2cccc(N3C(=O)[C@@H]4CC=CC[C@H]4C3=O)c2)cc1. The van der Waals surface area contributed by atoms with Crippen LogP contribution in [0, 0.1) is 11.8 Å².